The van der Waals surface area contributed by atoms with Crippen LogP contribution in [0, 0.1) is 5.92 Å². The zero-order valence-electron chi connectivity index (χ0n) is 8.77. The lowest BCUT2D eigenvalue weighted by Gasteiger charge is -2.05. The average molecular weight is 242 g/mol. The number of carbonyl (C=O) groups is 1. The molecule has 1 aromatic carbocycles. The SMILES string of the molecule is CSc1ccc(SCC(C)C(=O)O)cc1. The molecule has 0 aromatic heterocycles. The minimum atomic E-state index is -0.733. The molecule has 82 valence electrons. The average Bonchev–Trinajstić information content (AvgIpc) is 2.26. The molecule has 2 nitrogen and oxygen atoms in total. The summed E-state index contributed by atoms with van der Waals surface area (Å²) in [5, 5.41) is 8.73. The summed E-state index contributed by atoms with van der Waals surface area (Å²) in [5.74, 6) is -0.410. The van der Waals surface area contributed by atoms with Crippen molar-refractivity contribution < 1.29 is 9.90 Å². The van der Waals surface area contributed by atoms with Gasteiger partial charge in [-0.2, -0.15) is 0 Å². The maximum Gasteiger partial charge on any atom is 0.307 e. The van der Waals surface area contributed by atoms with Crippen LogP contribution in [0.15, 0.2) is 34.1 Å². The van der Waals surface area contributed by atoms with Crippen LogP contribution in [0.4, 0.5) is 0 Å². The number of hydrogen-bond acceptors (Lipinski definition) is 3. The predicted octanol–water partition coefficient (Wildman–Crippen LogP) is 3.22. The summed E-state index contributed by atoms with van der Waals surface area (Å²) < 4.78 is 0. The quantitative estimate of drug-likeness (QED) is 0.804. The molecule has 1 unspecified atom stereocenters. The van der Waals surface area contributed by atoms with Crippen molar-refractivity contribution in [3.8, 4) is 0 Å². The van der Waals surface area contributed by atoms with E-state index in [2.05, 4.69) is 12.1 Å². The standard InChI is InChI=1S/C11H14O2S2/c1-8(11(12)13)7-15-10-5-3-9(14-2)4-6-10/h3-6,8H,7H2,1-2H3,(H,12,13). The van der Waals surface area contributed by atoms with Crippen LogP contribution in [0.1, 0.15) is 6.92 Å². The minimum Gasteiger partial charge on any atom is -0.481 e. The van der Waals surface area contributed by atoms with Crippen LogP contribution >= 0.6 is 23.5 Å². The molecule has 15 heavy (non-hydrogen) atoms. The normalized spacial score (nSPS) is 12.4. The first-order chi connectivity index (χ1) is 7.13. The summed E-state index contributed by atoms with van der Waals surface area (Å²) >= 11 is 3.29. The van der Waals surface area contributed by atoms with Crippen molar-refractivity contribution in [3.63, 3.8) is 0 Å². The molecule has 0 saturated heterocycles. The highest BCUT2D eigenvalue weighted by molar-refractivity contribution is 7.99. The summed E-state index contributed by atoms with van der Waals surface area (Å²) in [7, 11) is 0. The van der Waals surface area contributed by atoms with Gasteiger partial charge in [0, 0.05) is 15.5 Å². The van der Waals surface area contributed by atoms with Crippen molar-refractivity contribution in [2.75, 3.05) is 12.0 Å². The van der Waals surface area contributed by atoms with Gasteiger partial charge in [-0.3, -0.25) is 4.79 Å². The predicted molar refractivity (Wildman–Crippen MR) is 65.7 cm³/mol. The highest BCUT2D eigenvalue weighted by Crippen LogP contribution is 2.23. The van der Waals surface area contributed by atoms with Crippen LogP contribution in [-0.2, 0) is 4.79 Å². The van der Waals surface area contributed by atoms with Gasteiger partial charge in [0.05, 0.1) is 5.92 Å². The molecule has 1 aromatic rings. The first kappa shape index (κ1) is 12.5. The van der Waals surface area contributed by atoms with Gasteiger partial charge in [0.25, 0.3) is 0 Å². The molecule has 1 N–H and O–H groups in total. The lowest BCUT2D eigenvalue weighted by atomic mass is 10.2. The van der Waals surface area contributed by atoms with Gasteiger partial charge in [0.1, 0.15) is 0 Å². The molecular formula is C11H14O2S2. The van der Waals surface area contributed by atoms with Gasteiger partial charge < -0.3 is 5.11 Å². The van der Waals surface area contributed by atoms with Crippen molar-refractivity contribution in [1.82, 2.24) is 0 Å². The number of carboxylic acid groups (broad SMARTS) is 1. The van der Waals surface area contributed by atoms with E-state index in [9.17, 15) is 4.79 Å². The summed E-state index contributed by atoms with van der Waals surface area (Å²) in [6.07, 6.45) is 2.04. The number of carboxylic acids is 1. The Morgan fingerprint density at radius 3 is 2.33 bits per heavy atom. The van der Waals surface area contributed by atoms with Gasteiger partial charge >= 0.3 is 5.97 Å². The molecule has 0 amide bonds. The van der Waals surface area contributed by atoms with Crippen LogP contribution in [0.2, 0.25) is 0 Å². The second-order valence-corrected chi connectivity index (χ2v) is 5.20. The van der Waals surface area contributed by atoms with Crippen molar-refractivity contribution in [1.29, 1.82) is 0 Å². The van der Waals surface area contributed by atoms with E-state index in [4.69, 9.17) is 5.11 Å². The van der Waals surface area contributed by atoms with E-state index < -0.39 is 5.97 Å². The Labute approximate surface area is 98.5 Å². The molecular weight excluding hydrogens is 228 g/mol. The number of hydrogen-bond donors (Lipinski definition) is 1. The van der Waals surface area contributed by atoms with Crippen molar-refractivity contribution >= 4 is 29.5 Å². The fraction of sp³-hybridized carbons (Fsp3) is 0.364. The molecule has 0 saturated carbocycles. The van der Waals surface area contributed by atoms with Gasteiger partial charge in [-0.05, 0) is 30.5 Å². The fourth-order valence-electron chi connectivity index (χ4n) is 0.964. The van der Waals surface area contributed by atoms with Crippen molar-refractivity contribution in [2.24, 2.45) is 5.92 Å². The molecule has 0 aliphatic carbocycles. The monoisotopic (exact) mass is 242 g/mol. The third-order valence-electron chi connectivity index (χ3n) is 1.98. The molecule has 0 aliphatic rings. The van der Waals surface area contributed by atoms with Crippen LogP contribution in [0.5, 0.6) is 0 Å². The van der Waals surface area contributed by atoms with E-state index in [0.29, 0.717) is 5.75 Å². The first-order valence-electron chi connectivity index (χ1n) is 4.63. The molecule has 0 bridgehead atoms. The van der Waals surface area contributed by atoms with Crippen LogP contribution in [0.3, 0.4) is 0 Å². The molecule has 0 radical (unpaired) electrons. The number of aliphatic carboxylic acids is 1. The maximum absolute atomic E-state index is 10.6. The van der Waals surface area contributed by atoms with E-state index in [1.807, 2.05) is 18.4 Å². The summed E-state index contributed by atoms with van der Waals surface area (Å²) in [6.45, 7) is 1.73. The highest BCUT2D eigenvalue weighted by Gasteiger charge is 2.10. The first-order valence-corrected chi connectivity index (χ1v) is 6.84. The van der Waals surface area contributed by atoms with Crippen LogP contribution < -0.4 is 0 Å². The largest absolute Gasteiger partial charge is 0.481 e. The molecule has 0 spiro atoms. The maximum atomic E-state index is 10.6. The molecule has 0 heterocycles. The second-order valence-electron chi connectivity index (χ2n) is 3.23. The third-order valence-corrected chi connectivity index (χ3v) is 4.00. The summed E-state index contributed by atoms with van der Waals surface area (Å²) in [6, 6.07) is 8.17. The molecule has 1 atom stereocenters. The van der Waals surface area contributed by atoms with Gasteiger partial charge in [-0.15, -0.1) is 23.5 Å². The van der Waals surface area contributed by atoms with E-state index in [-0.39, 0.29) is 5.92 Å². The summed E-state index contributed by atoms with van der Waals surface area (Å²) in [5.41, 5.74) is 0. The van der Waals surface area contributed by atoms with Gasteiger partial charge in [0.15, 0.2) is 0 Å². The number of rotatable bonds is 5. The molecule has 1 rings (SSSR count). The van der Waals surface area contributed by atoms with Gasteiger partial charge in [0.2, 0.25) is 0 Å². The molecule has 4 heteroatoms. The minimum absolute atomic E-state index is 0.296. The zero-order valence-corrected chi connectivity index (χ0v) is 10.4. The number of benzene rings is 1. The van der Waals surface area contributed by atoms with Crippen molar-refractivity contribution in [3.05, 3.63) is 24.3 Å². The van der Waals surface area contributed by atoms with Crippen molar-refractivity contribution in [2.45, 2.75) is 16.7 Å². The lowest BCUT2D eigenvalue weighted by Crippen LogP contribution is -2.11. The Bertz CT molecular complexity index is 322. The highest BCUT2D eigenvalue weighted by atomic mass is 32.2. The van der Waals surface area contributed by atoms with E-state index in [0.717, 1.165) is 4.90 Å². The second kappa shape index (κ2) is 6.08. The number of thioether (sulfide) groups is 2. The Kier molecular flexibility index (Phi) is 5.05. The Morgan fingerprint density at radius 1 is 1.33 bits per heavy atom. The van der Waals surface area contributed by atoms with E-state index in [1.54, 1.807) is 30.4 Å². The molecule has 0 aliphatic heterocycles. The van der Waals surface area contributed by atoms with Gasteiger partial charge in [-0.25, -0.2) is 0 Å². The molecule has 0 fully saturated rings. The Morgan fingerprint density at radius 2 is 1.87 bits per heavy atom. The van der Waals surface area contributed by atoms with Gasteiger partial charge in [-0.1, -0.05) is 6.92 Å². The van der Waals surface area contributed by atoms with E-state index in [1.165, 1.54) is 4.90 Å². The Hall–Kier alpha value is -0.610. The Balaban J connectivity index is 2.47. The lowest BCUT2D eigenvalue weighted by molar-refractivity contribution is -0.140. The fourth-order valence-corrected chi connectivity index (χ4v) is 2.29. The van der Waals surface area contributed by atoms with Crippen LogP contribution in [-0.4, -0.2) is 23.1 Å². The third kappa shape index (κ3) is 4.18. The summed E-state index contributed by atoms with van der Waals surface area (Å²) in [4.78, 5) is 13.0. The zero-order chi connectivity index (χ0) is 11.3. The van der Waals surface area contributed by atoms with Crippen LogP contribution in [0.25, 0.3) is 0 Å². The smallest absolute Gasteiger partial charge is 0.307 e. The van der Waals surface area contributed by atoms with E-state index >= 15 is 0 Å². The topological polar surface area (TPSA) is 37.3 Å².